The minimum Gasteiger partial charge on any atom is -0.378 e. The first-order chi connectivity index (χ1) is 16.0. The number of fused-ring (bicyclic) bond motifs is 1. The maximum atomic E-state index is 5.51. The van der Waals surface area contributed by atoms with Gasteiger partial charge in [-0.15, -0.1) is 0 Å². The molecule has 0 unspecified atom stereocenters. The Labute approximate surface area is 191 Å². The summed E-state index contributed by atoms with van der Waals surface area (Å²) in [6.45, 7) is 8.77. The largest absolute Gasteiger partial charge is 0.378 e. The lowest BCUT2D eigenvalue weighted by Crippen LogP contribution is -2.37. The van der Waals surface area contributed by atoms with Crippen molar-refractivity contribution in [3.63, 3.8) is 0 Å². The number of hydrogen-bond donors (Lipinski definition) is 1. The molecule has 0 bridgehead atoms. The van der Waals surface area contributed by atoms with Crippen molar-refractivity contribution in [2.45, 2.75) is 20.8 Å². The molecule has 0 radical (unpaired) electrons. The Morgan fingerprint density at radius 2 is 1.88 bits per heavy atom. The van der Waals surface area contributed by atoms with Crippen LogP contribution in [0.2, 0.25) is 0 Å². The van der Waals surface area contributed by atoms with Crippen LogP contribution in [0.15, 0.2) is 35.4 Å². The van der Waals surface area contributed by atoms with E-state index in [2.05, 4.69) is 39.6 Å². The zero-order valence-electron chi connectivity index (χ0n) is 19.3. The van der Waals surface area contributed by atoms with Crippen LogP contribution in [-0.2, 0) is 11.8 Å². The van der Waals surface area contributed by atoms with Crippen molar-refractivity contribution < 1.29 is 4.74 Å². The van der Waals surface area contributed by atoms with Crippen molar-refractivity contribution in [1.82, 2.24) is 29.3 Å². The monoisotopic (exact) mass is 445 g/mol. The van der Waals surface area contributed by atoms with Gasteiger partial charge < -0.3 is 9.64 Å². The molecule has 1 aliphatic heterocycles. The van der Waals surface area contributed by atoms with E-state index in [9.17, 15) is 0 Å². The van der Waals surface area contributed by atoms with Gasteiger partial charge in [0, 0.05) is 31.9 Å². The molecule has 33 heavy (non-hydrogen) atoms. The van der Waals surface area contributed by atoms with E-state index in [0.29, 0.717) is 36.1 Å². The normalized spacial score (nSPS) is 14.5. The van der Waals surface area contributed by atoms with Crippen molar-refractivity contribution in [2.24, 2.45) is 12.1 Å². The molecule has 0 saturated carbocycles. The maximum absolute atomic E-state index is 5.51. The van der Waals surface area contributed by atoms with Gasteiger partial charge in [-0.1, -0.05) is 29.8 Å². The molecule has 5 rings (SSSR count). The standard InChI is InChI=1S/C23H27N9O/c1-15-6-5-7-18(12-15)14-24-28-21-20-22(27-23(26-21)31-8-10-33-11-9-31)32(17(3)25-20)19-13-16(2)30(4)29-19/h5-7,12-14H,8-11H2,1-4H3,(H,26,27,28). The van der Waals surface area contributed by atoms with Crippen LogP contribution in [0.25, 0.3) is 17.0 Å². The highest BCUT2D eigenvalue weighted by atomic mass is 16.5. The molecule has 1 saturated heterocycles. The second-order valence-electron chi connectivity index (χ2n) is 8.19. The highest BCUT2D eigenvalue weighted by molar-refractivity contribution is 5.87. The Bertz CT molecular complexity index is 1310. The number of nitrogens with zero attached hydrogens (tertiary/aromatic N) is 8. The molecule has 0 atom stereocenters. The Hall–Kier alpha value is -3.79. The number of hydrogen-bond acceptors (Lipinski definition) is 8. The molecule has 0 amide bonds. The number of aryl methyl sites for hydroxylation is 4. The molecule has 1 fully saturated rings. The van der Waals surface area contributed by atoms with E-state index in [-0.39, 0.29) is 0 Å². The average molecular weight is 446 g/mol. The van der Waals surface area contributed by atoms with E-state index in [1.54, 1.807) is 6.21 Å². The van der Waals surface area contributed by atoms with Crippen LogP contribution in [0, 0.1) is 20.8 Å². The SMILES string of the molecule is Cc1cccc(C=NNc2nc(N3CCOCC3)nc3c2nc(C)n3-c2cc(C)n(C)n2)c1. The summed E-state index contributed by atoms with van der Waals surface area (Å²) in [5.41, 5.74) is 7.68. The number of morpholine rings is 1. The lowest BCUT2D eigenvalue weighted by Gasteiger charge is -2.27. The Kier molecular flexibility index (Phi) is 5.51. The number of imidazole rings is 1. The average Bonchev–Trinajstić information content (AvgIpc) is 3.32. The van der Waals surface area contributed by atoms with Gasteiger partial charge in [-0.2, -0.15) is 20.2 Å². The fourth-order valence-electron chi connectivity index (χ4n) is 3.88. The van der Waals surface area contributed by atoms with E-state index in [4.69, 9.17) is 19.7 Å². The summed E-state index contributed by atoms with van der Waals surface area (Å²) in [6.07, 6.45) is 1.78. The number of nitrogens with one attached hydrogen (secondary N) is 1. The van der Waals surface area contributed by atoms with E-state index in [1.165, 1.54) is 5.56 Å². The van der Waals surface area contributed by atoms with E-state index >= 15 is 0 Å². The first-order valence-electron chi connectivity index (χ1n) is 11.0. The van der Waals surface area contributed by atoms with Crippen LogP contribution < -0.4 is 10.3 Å². The summed E-state index contributed by atoms with van der Waals surface area (Å²) in [5.74, 6) is 2.73. The summed E-state index contributed by atoms with van der Waals surface area (Å²) >= 11 is 0. The molecule has 4 heterocycles. The van der Waals surface area contributed by atoms with Crippen LogP contribution in [0.4, 0.5) is 11.8 Å². The Morgan fingerprint density at radius 1 is 1.06 bits per heavy atom. The van der Waals surface area contributed by atoms with Crippen LogP contribution in [0.3, 0.4) is 0 Å². The molecule has 4 aromatic rings. The summed E-state index contributed by atoms with van der Waals surface area (Å²) in [6, 6.07) is 10.2. The second kappa shape index (κ2) is 8.62. The number of rotatable bonds is 5. The zero-order chi connectivity index (χ0) is 22.9. The number of ether oxygens (including phenoxy) is 1. The van der Waals surface area contributed by atoms with Gasteiger partial charge >= 0.3 is 0 Å². The van der Waals surface area contributed by atoms with Gasteiger partial charge in [0.05, 0.1) is 19.4 Å². The highest BCUT2D eigenvalue weighted by Crippen LogP contribution is 2.27. The predicted molar refractivity (Wildman–Crippen MR) is 128 cm³/mol. The summed E-state index contributed by atoms with van der Waals surface area (Å²) in [5, 5.41) is 9.08. The molecule has 0 aliphatic carbocycles. The second-order valence-corrected chi connectivity index (χ2v) is 8.19. The van der Waals surface area contributed by atoms with Gasteiger partial charge in [-0.25, -0.2) is 4.98 Å². The van der Waals surface area contributed by atoms with Gasteiger partial charge in [-0.3, -0.25) is 14.7 Å². The Morgan fingerprint density at radius 3 is 2.61 bits per heavy atom. The van der Waals surface area contributed by atoms with Gasteiger partial charge in [-0.05, 0) is 26.3 Å². The van der Waals surface area contributed by atoms with Crippen LogP contribution in [0.5, 0.6) is 0 Å². The highest BCUT2D eigenvalue weighted by Gasteiger charge is 2.22. The molecule has 1 aromatic carbocycles. The lowest BCUT2D eigenvalue weighted by atomic mass is 10.2. The summed E-state index contributed by atoms with van der Waals surface area (Å²) in [4.78, 5) is 16.6. The number of hydrazone groups is 1. The maximum Gasteiger partial charge on any atom is 0.229 e. The smallest absolute Gasteiger partial charge is 0.229 e. The zero-order valence-corrected chi connectivity index (χ0v) is 19.3. The molecule has 1 N–H and O–H groups in total. The first-order valence-corrected chi connectivity index (χ1v) is 11.0. The third-order valence-electron chi connectivity index (χ3n) is 5.71. The topological polar surface area (TPSA) is 98.3 Å². The molecule has 170 valence electrons. The van der Waals surface area contributed by atoms with Crippen molar-refractivity contribution >= 4 is 29.1 Å². The molecule has 10 heteroatoms. The number of aromatic nitrogens is 6. The van der Waals surface area contributed by atoms with Crippen molar-refractivity contribution in [3.8, 4) is 5.82 Å². The fraction of sp³-hybridized carbons (Fsp3) is 0.348. The predicted octanol–water partition coefficient (Wildman–Crippen LogP) is 2.76. The van der Waals surface area contributed by atoms with E-state index < -0.39 is 0 Å². The summed E-state index contributed by atoms with van der Waals surface area (Å²) in [7, 11) is 1.93. The number of benzene rings is 1. The summed E-state index contributed by atoms with van der Waals surface area (Å²) < 4.78 is 9.31. The van der Waals surface area contributed by atoms with E-state index in [0.717, 1.165) is 36.0 Å². The van der Waals surface area contributed by atoms with Gasteiger partial charge in [0.15, 0.2) is 22.8 Å². The van der Waals surface area contributed by atoms with Crippen LogP contribution in [0.1, 0.15) is 22.6 Å². The van der Waals surface area contributed by atoms with Gasteiger partial charge in [0.2, 0.25) is 5.95 Å². The molecule has 1 aliphatic rings. The molecular weight excluding hydrogens is 418 g/mol. The van der Waals surface area contributed by atoms with Gasteiger partial charge in [0.1, 0.15) is 5.82 Å². The first kappa shape index (κ1) is 21.1. The minimum atomic E-state index is 0.555. The number of anilines is 2. The quantitative estimate of drug-likeness (QED) is 0.373. The third kappa shape index (κ3) is 4.17. The van der Waals surface area contributed by atoms with Gasteiger partial charge in [0.25, 0.3) is 0 Å². The van der Waals surface area contributed by atoms with E-state index in [1.807, 2.05) is 48.3 Å². The molecule has 3 aromatic heterocycles. The molecular formula is C23H27N9O. The lowest BCUT2D eigenvalue weighted by molar-refractivity contribution is 0.122. The Balaban J connectivity index is 1.59. The minimum absolute atomic E-state index is 0.555. The van der Waals surface area contributed by atoms with Crippen molar-refractivity contribution in [2.75, 3.05) is 36.6 Å². The van der Waals surface area contributed by atoms with Crippen molar-refractivity contribution in [3.05, 3.63) is 53.0 Å². The van der Waals surface area contributed by atoms with Crippen LogP contribution >= 0.6 is 0 Å². The van der Waals surface area contributed by atoms with Crippen LogP contribution in [-0.4, -0.2) is 61.8 Å². The fourth-order valence-corrected chi connectivity index (χ4v) is 3.88. The van der Waals surface area contributed by atoms with Crippen molar-refractivity contribution in [1.29, 1.82) is 0 Å². The molecule has 0 spiro atoms. The molecule has 10 nitrogen and oxygen atoms in total. The third-order valence-corrected chi connectivity index (χ3v) is 5.71.